The van der Waals surface area contributed by atoms with Crippen molar-refractivity contribution >= 4 is 58.0 Å². The van der Waals surface area contributed by atoms with Crippen LogP contribution in [0.15, 0.2) is 24.3 Å². The van der Waals surface area contributed by atoms with Gasteiger partial charge in [0.2, 0.25) is 0 Å². The average Bonchev–Trinajstić information content (AvgIpc) is 3.71. The molecule has 0 bridgehead atoms. The fourth-order valence-electron chi connectivity index (χ4n) is 5.52. The summed E-state index contributed by atoms with van der Waals surface area (Å²) in [5, 5.41) is 0. The maximum atomic E-state index is 11.8. The first-order valence-electron chi connectivity index (χ1n) is 14.5. The van der Waals surface area contributed by atoms with E-state index in [0.717, 1.165) is 79.9 Å². The molecule has 3 aromatic heterocycles. The van der Waals surface area contributed by atoms with Crippen LogP contribution in [-0.2, 0) is 12.8 Å². The number of nitrogens with zero attached hydrogens (tertiary/aromatic N) is 2. The molecule has 39 heavy (non-hydrogen) atoms. The van der Waals surface area contributed by atoms with Crippen molar-refractivity contribution in [1.82, 2.24) is 8.75 Å². The Balaban J connectivity index is 1.76. The van der Waals surface area contributed by atoms with E-state index in [1.807, 2.05) is 0 Å². The molecule has 4 aromatic rings. The van der Waals surface area contributed by atoms with Crippen LogP contribution >= 0.6 is 34.4 Å². The molecule has 2 unspecified atom stereocenters. The summed E-state index contributed by atoms with van der Waals surface area (Å²) in [6, 6.07) is 8.48. The molecule has 0 saturated heterocycles. The van der Waals surface area contributed by atoms with E-state index < -0.39 is 0 Å². The topological polar surface area (TPSA) is 59.9 Å². The second-order valence-electron chi connectivity index (χ2n) is 10.6. The van der Waals surface area contributed by atoms with Crippen molar-refractivity contribution in [3.05, 3.63) is 45.1 Å². The summed E-state index contributed by atoms with van der Waals surface area (Å²) >= 11 is 4.36. The quantitative estimate of drug-likeness (QED) is 0.124. The van der Waals surface area contributed by atoms with Gasteiger partial charge in [0.15, 0.2) is 12.6 Å². The van der Waals surface area contributed by atoms with Crippen LogP contribution in [-0.4, -0.2) is 21.3 Å². The molecular formula is C32H40N2O2S3. The predicted octanol–water partition coefficient (Wildman–Crippen LogP) is 10.3. The van der Waals surface area contributed by atoms with Gasteiger partial charge >= 0.3 is 0 Å². The van der Waals surface area contributed by atoms with Gasteiger partial charge in [-0.2, -0.15) is 8.75 Å². The SMILES string of the molecule is CCCCC(CC)Cc1cc(C=O)sc1-c1ccc(-c2sc(C=O)cc2CC(CC)CCCC)c2nsnc12. The summed E-state index contributed by atoms with van der Waals surface area (Å²) in [7, 11) is 0. The predicted molar refractivity (Wildman–Crippen MR) is 169 cm³/mol. The van der Waals surface area contributed by atoms with Gasteiger partial charge in [0.1, 0.15) is 11.0 Å². The highest BCUT2D eigenvalue weighted by molar-refractivity contribution is 7.17. The molecule has 7 heteroatoms. The molecule has 4 nitrogen and oxygen atoms in total. The molecule has 0 aliphatic carbocycles. The molecule has 0 N–H and O–H groups in total. The lowest BCUT2D eigenvalue weighted by molar-refractivity contribution is 0.111. The number of rotatable bonds is 16. The zero-order valence-electron chi connectivity index (χ0n) is 23.6. The smallest absolute Gasteiger partial charge is 0.160 e. The first-order chi connectivity index (χ1) is 19.1. The molecule has 0 aliphatic rings. The molecule has 3 heterocycles. The van der Waals surface area contributed by atoms with Crippen molar-refractivity contribution in [2.24, 2.45) is 11.8 Å². The zero-order chi connectivity index (χ0) is 27.8. The third-order valence-corrected chi connectivity index (χ3v) is 10.7. The van der Waals surface area contributed by atoms with Crippen LogP contribution in [0.2, 0.25) is 0 Å². The fourth-order valence-corrected chi connectivity index (χ4v) is 8.16. The summed E-state index contributed by atoms with van der Waals surface area (Å²) in [6.07, 6.45) is 13.5. The van der Waals surface area contributed by atoms with Gasteiger partial charge in [0.25, 0.3) is 0 Å². The van der Waals surface area contributed by atoms with Crippen molar-refractivity contribution in [2.75, 3.05) is 0 Å². The van der Waals surface area contributed by atoms with Crippen LogP contribution in [0, 0.1) is 11.8 Å². The molecule has 4 rings (SSSR count). The van der Waals surface area contributed by atoms with Gasteiger partial charge in [-0.3, -0.25) is 9.59 Å². The monoisotopic (exact) mass is 580 g/mol. The van der Waals surface area contributed by atoms with E-state index in [9.17, 15) is 9.59 Å². The molecule has 0 saturated carbocycles. The number of fused-ring (bicyclic) bond motifs is 1. The molecule has 208 valence electrons. The summed E-state index contributed by atoms with van der Waals surface area (Å²) in [4.78, 5) is 27.4. The largest absolute Gasteiger partial charge is 0.297 e. The van der Waals surface area contributed by atoms with Crippen LogP contribution in [0.3, 0.4) is 0 Å². The number of hydrogen-bond acceptors (Lipinski definition) is 7. The highest BCUT2D eigenvalue weighted by Gasteiger charge is 2.23. The van der Waals surface area contributed by atoms with Crippen molar-refractivity contribution in [1.29, 1.82) is 0 Å². The number of thiophene rings is 2. The second-order valence-corrected chi connectivity index (χ2v) is 13.3. The van der Waals surface area contributed by atoms with E-state index in [0.29, 0.717) is 11.8 Å². The number of carbonyl (C=O) groups excluding carboxylic acids is 2. The Morgan fingerprint density at radius 3 is 1.51 bits per heavy atom. The number of aldehydes is 2. The number of unbranched alkanes of at least 4 members (excludes halogenated alkanes) is 2. The lowest BCUT2D eigenvalue weighted by atomic mass is 9.90. The Labute approximate surface area is 245 Å². The third kappa shape index (κ3) is 6.93. The van der Waals surface area contributed by atoms with E-state index in [-0.39, 0.29) is 0 Å². The molecule has 0 radical (unpaired) electrons. The average molecular weight is 581 g/mol. The Morgan fingerprint density at radius 2 is 1.15 bits per heavy atom. The van der Waals surface area contributed by atoms with Crippen molar-refractivity contribution in [3.8, 4) is 20.9 Å². The normalized spacial score (nSPS) is 13.1. The summed E-state index contributed by atoms with van der Waals surface area (Å²) in [6.45, 7) is 9.01. The first kappa shape index (κ1) is 29.8. The molecule has 2 atom stereocenters. The van der Waals surface area contributed by atoms with Crippen LogP contribution in [0.4, 0.5) is 0 Å². The molecule has 0 aliphatic heterocycles. The minimum atomic E-state index is 0.607. The molecule has 0 amide bonds. The fraction of sp³-hybridized carbons (Fsp3) is 0.500. The van der Waals surface area contributed by atoms with Gasteiger partial charge in [0.05, 0.1) is 21.5 Å². The van der Waals surface area contributed by atoms with Crippen molar-refractivity contribution in [2.45, 2.75) is 91.9 Å². The maximum Gasteiger partial charge on any atom is 0.160 e. The molecular weight excluding hydrogens is 541 g/mol. The number of aromatic nitrogens is 2. The van der Waals surface area contributed by atoms with Gasteiger partial charge in [-0.1, -0.05) is 91.2 Å². The van der Waals surface area contributed by atoms with E-state index in [4.69, 9.17) is 8.75 Å². The first-order valence-corrected chi connectivity index (χ1v) is 16.8. The minimum absolute atomic E-state index is 0.607. The highest BCUT2D eigenvalue weighted by atomic mass is 32.1. The Bertz CT molecular complexity index is 1280. The maximum absolute atomic E-state index is 11.8. The van der Waals surface area contributed by atoms with Gasteiger partial charge < -0.3 is 0 Å². The minimum Gasteiger partial charge on any atom is -0.297 e. The van der Waals surface area contributed by atoms with Gasteiger partial charge in [-0.25, -0.2) is 0 Å². The molecule has 0 spiro atoms. The lowest BCUT2D eigenvalue weighted by Crippen LogP contribution is -2.04. The Kier molecular flexibility index (Phi) is 11.0. The Hall–Kier alpha value is -2.22. The van der Waals surface area contributed by atoms with Crippen LogP contribution in [0.1, 0.15) is 110 Å². The van der Waals surface area contributed by atoms with Crippen LogP contribution in [0.25, 0.3) is 31.9 Å². The van der Waals surface area contributed by atoms with Gasteiger partial charge in [-0.05, 0) is 47.9 Å². The molecule has 0 fully saturated rings. The zero-order valence-corrected chi connectivity index (χ0v) is 26.1. The lowest BCUT2D eigenvalue weighted by Gasteiger charge is -2.16. The van der Waals surface area contributed by atoms with E-state index in [1.165, 1.54) is 61.4 Å². The summed E-state index contributed by atoms with van der Waals surface area (Å²) in [5.41, 5.74) is 6.39. The number of hydrogen-bond donors (Lipinski definition) is 0. The van der Waals surface area contributed by atoms with Gasteiger partial charge in [-0.15, -0.1) is 22.7 Å². The van der Waals surface area contributed by atoms with E-state index in [1.54, 1.807) is 22.7 Å². The number of carbonyl (C=O) groups is 2. The van der Waals surface area contributed by atoms with Crippen LogP contribution < -0.4 is 0 Å². The van der Waals surface area contributed by atoms with Gasteiger partial charge in [0, 0.05) is 20.9 Å². The highest BCUT2D eigenvalue weighted by Crippen LogP contribution is 2.43. The third-order valence-electron chi connectivity index (χ3n) is 7.90. The second kappa shape index (κ2) is 14.4. The standard InChI is InChI=1S/C32H40N2O2S3/c1-5-9-11-21(7-3)15-23-17-25(19-35)37-31(23)27-13-14-28(30-29(27)33-39-34-30)32-24(18-26(20-36)38-32)16-22(8-4)12-10-6-2/h13-14,17-22H,5-12,15-16H2,1-4H3. The molecule has 1 aromatic carbocycles. The van der Waals surface area contributed by atoms with Crippen molar-refractivity contribution < 1.29 is 9.59 Å². The van der Waals surface area contributed by atoms with E-state index >= 15 is 0 Å². The Morgan fingerprint density at radius 1 is 0.718 bits per heavy atom. The number of benzene rings is 1. The summed E-state index contributed by atoms with van der Waals surface area (Å²) < 4.78 is 9.53. The van der Waals surface area contributed by atoms with E-state index in [2.05, 4.69) is 52.0 Å². The van der Waals surface area contributed by atoms with Crippen molar-refractivity contribution in [3.63, 3.8) is 0 Å². The van der Waals surface area contributed by atoms with Crippen LogP contribution in [0.5, 0.6) is 0 Å². The summed E-state index contributed by atoms with van der Waals surface area (Å²) in [5.74, 6) is 1.21.